The van der Waals surface area contributed by atoms with Gasteiger partial charge in [-0.05, 0) is 58.2 Å². The highest BCUT2D eigenvalue weighted by atomic mass is 16.6. The molecule has 2 N–H and O–H groups in total. The lowest BCUT2D eigenvalue weighted by molar-refractivity contribution is -0.140. The van der Waals surface area contributed by atoms with Crippen molar-refractivity contribution in [1.82, 2.24) is 15.5 Å². The Labute approximate surface area is 186 Å². The van der Waals surface area contributed by atoms with Crippen molar-refractivity contribution in [2.75, 3.05) is 7.05 Å². The van der Waals surface area contributed by atoms with Gasteiger partial charge in [-0.2, -0.15) is 0 Å². The molecule has 0 spiro atoms. The number of carbonyl (C=O) groups is 3. The molecule has 1 aromatic carbocycles. The van der Waals surface area contributed by atoms with Crippen LogP contribution in [0.2, 0.25) is 0 Å². The quantitative estimate of drug-likeness (QED) is 0.617. The molecular formula is C24H37N3O4. The first kappa shape index (κ1) is 26.2. The molecule has 31 heavy (non-hydrogen) atoms. The minimum atomic E-state index is -0.870. The van der Waals surface area contributed by atoms with Crippen LogP contribution in [0.1, 0.15) is 71.6 Å². The third-order valence-electron chi connectivity index (χ3n) is 4.66. The number of hydrogen-bond acceptors (Lipinski definition) is 4. The second-order valence-corrected chi connectivity index (χ2v) is 8.79. The Hall–Kier alpha value is -2.83. The molecule has 0 fully saturated rings. The molecule has 1 rings (SSSR count). The van der Waals surface area contributed by atoms with E-state index in [0.29, 0.717) is 5.56 Å². The summed E-state index contributed by atoms with van der Waals surface area (Å²) >= 11 is 0. The van der Waals surface area contributed by atoms with Gasteiger partial charge in [0, 0.05) is 13.1 Å². The summed E-state index contributed by atoms with van der Waals surface area (Å²) in [7, 11) is 1.56. The Morgan fingerprint density at radius 1 is 1.19 bits per heavy atom. The number of benzene rings is 1. The number of alkyl carbamates (subject to hydrolysis) is 1. The van der Waals surface area contributed by atoms with Gasteiger partial charge in [-0.1, -0.05) is 44.2 Å². The van der Waals surface area contributed by atoms with E-state index in [4.69, 9.17) is 4.74 Å². The van der Waals surface area contributed by atoms with Crippen molar-refractivity contribution in [1.29, 1.82) is 0 Å². The van der Waals surface area contributed by atoms with Crippen LogP contribution in [0, 0.1) is 0 Å². The topological polar surface area (TPSA) is 87.7 Å². The van der Waals surface area contributed by atoms with Crippen LogP contribution < -0.4 is 10.6 Å². The van der Waals surface area contributed by atoms with Crippen LogP contribution in [-0.2, 0) is 14.3 Å². The zero-order chi connectivity index (χ0) is 23.8. The van der Waals surface area contributed by atoms with E-state index in [1.807, 2.05) is 32.0 Å². The average molecular weight is 432 g/mol. The number of carbonyl (C=O) groups excluding carboxylic acids is 3. The molecule has 3 amide bonds. The molecule has 0 radical (unpaired) electrons. The van der Waals surface area contributed by atoms with Crippen LogP contribution in [0.3, 0.4) is 0 Å². The van der Waals surface area contributed by atoms with Crippen LogP contribution >= 0.6 is 0 Å². The molecule has 3 atom stereocenters. The summed E-state index contributed by atoms with van der Waals surface area (Å²) < 4.78 is 5.23. The second-order valence-electron chi connectivity index (χ2n) is 8.79. The van der Waals surface area contributed by atoms with Gasteiger partial charge in [-0.25, -0.2) is 4.79 Å². The van der Waals surface area contributed by atoms with Crippen LogP contribution in [0.15, 0.2) is 30.8 Å². The van der Waals surface area contributed by atoms with Crippen LogP contribution in [0.5, 0.6) is 0 Å². The number of amides is 3. The predicted octanol–water partition coefficient (Wildman–Crippen LogP) is 4.05. The molecule has 0 heterocycles. The van der Waals surface area contributed by atoms with E-state index in [1.54, 1.807) is 46.9 Å². The molecule has 0 aromatic heterocycles. The van der Waals surface area contributed by atoms with Crippen molar-refractivity contribution in [2.45, 2.75) is 78.1 Å². The monoisotopic (exact) mass is 431 g/mol. The fourth-order valence-electron chi connectivity index (χ4n) is 3.21. The molecule has 3 unspecified atom stereocenters. The van der Waals surface area contributed by atoms with E-state index in [0.717, 1.165) is 18.4 Å². The summed E-state index contributed by atoms with van der Waals surface area (Å²) in [4.78, 5) is 39.7. The van der Waals surface area contributed by atoms with Gasteiger partial charge in [-0.3, -0.25) is 9.59 Å². The summed E-state index contributed by atoms with van der Waals surface area (Å²) in [5.41, 5.74) is 0.832. The first-order valence-corrected chi connectivity index (χ1v) is 10.7. The molecule has 0 aliphatic carbocycles. The predicted molar refractivity (Wildman–Crippen MR) is 123 cm³/mol. The van der Waals surface area contributed by atoms with Gasteiger partial charge in [0.15, 0.2) is 0 Å². The smallest absolute Gasteiger partial charge is 0.408 e. The molecule has 7 nitrogen and oxygen atoms in total. The van der Waals surface area contributed by atoms with E-state index in [-0.39, 0.29) is 11.9 Å². The van der Waals surface area contributed by atoms with Crippen molar-refractivity contribution in [3.63, 3.8) is 0 Å². The van der Waals surface area contributed by atoms with Crippen molar-refractivity contribution in [2.24, 2.45) is 0 Å². The van der Waals surface area contributed by atoms with Crippen LogP contribution in [0.4, 0.5) is 4.79 Å². The zero-order valence-electron chi connectivity index (χ0n) is 19.8. The highest BCUT2D eigenvalue weighted by Crippen LogP contribution is 2.23. The number of nitrogens with one attached hydrogen (secondary N) is 2. The number of rotatable bonds is 9. The van der Waals surface area contributed by atoms with Crippen molar-refractivity contribution in [3.8, 4) is 0 Å². The molecule has 1 aromatic rings. The summed E-state index contributed by atoms with van der Waals surface area (Å²) in [6.07, 6.45) is 2.77. The maximum atomic E-state index is 13.2. The highest BCUT2D eigenvalue weighted by Gasteiger charge is 2.32. The summed E-state index contributed by atoms with van der Waals surface area (Å²) in [5, 5.41) is 5.54. The third-order valence-corrected chi connectivity index (χ3v) is 4.66. The number of nitrogens with zero attached hydrogens (tertiary/aromatic N) is 1. The number of ether oxygens (including phenoxy) is 1. The number of likely N-dealkylation sites (N-methyl/N-ethyl adjacent to an activating group) is 1. The Morgan fingerprint density at radius 3 is 2.39 bits per heavy atom. The van der Waals surface area contributed by atoms with Gasteiger partial charge < -0.3 is 20.3 Å². The lowest BCUT2D eigenvalue weighted by atomic mass is 10.0. The van der Waals surface area contributed by atoms with Crippen LogP contribution in [-0.4, -0.2) is 47.5 Å². The lowest BCUT2D eigenvalue weighted by Gasteiger charge is -2.31. The van der Waals surface area contributed by atoms with Gasteiger partial charge in [0.2, 0.25) is 11.8 Å². The summed E-state index contributed by atoms with van der Waals surface area (Å²) in [6.45, 7) is 14.6. The maximum absolute atomic E-state index is 13.2. The third kappa shape index (κ3) is 8.44. The first-order chi connectivity index (χ1) is 14.4. The van der Waals surface area contributed by atoms with Crippen molar-refractivity contribution in [3.05, 3.63) is 42.0 Å². The fourth-order valence-corrected chi connectivity index (χ4v) is 3.21. The van der Waals surface area contributed by atoms with Crippen LogP contribution in [0.25, 0.3) is 6.08 Å². The van der Waals surface area contributed by atoms with Crippen molar-refractivity contribution < 1.29 is 19.1 Å². The second kappa shape index (κ2) is 11.5. The summed E-state index contributed by atoms with van der Waals surface area (Å²) in [6, 6.07) is 5.58. The van der Waals surface area contributed by atoms with Gasteiger partial charge in [0.1, 0.15) is 17.7 Å². The van der Waals surface area contributed by atoms with E-state index in [2.05, 4.69) is 17.2 Å². The molecular weight excluding hydrogens is 394 g/mol. The Kier molecular flexibility index (Phi) is 9.75. The minimum absolute atomic E-state index is 0.0246. The standard InChI is InChI=1S/C24H37N3O4/c1-9-12-16(3)25-21(28)20(19-14-11-13-18(10-2)15-19)27(8)22(29)17(4)26-23(30)31-24(5,6)7/h10-11,13-17,20H,2,9,12H2,1,3-8H3,(H,25,28)(H,26,30). The summed E-state index contributed by atoms with van der Waals surface area (Å²) in [5.74, 6) is -0.680. The molecule has 0 aliphatic rings. The van der Waals surface area contributed by atoms with Gasteiger partial charge in [0.05, 0.1) is 0 Å². The number of hydrogen-bond donors (Lipinski definition) is 2. The molecule has 0 saturated carbocycles. The highest BCUT2D eigenvalue weighted by molar-refractivity contribution is 5.92. The lowest BCUT2D eigenvalue weighted by Crippen LogP contribution is -2.51. The average Bonchev–Trinajstić information content (AvgIpc) is 2.66. The van der Waals surface area contributed by atoms with Gasteiger partial charge in [-0.15, -0.1) is 0 Å². The normalized spacial score (nSPS) is 14.0. The molecule has 7 heteroatoms. The van der Waals surface area contributed by atoms with E-state index < -0.39 is 29.7 Å². The Balaban J connectivity index is 3.12. The van der Waals surface area contributed by atoms with Gasteiger partial charge in [0.25, 0.3) is 0 Å². The molecule has 172 valence electrons. The SMILES string of the molecule is C=Cc1cccc(C(C(=O)NC(C)CCC)N(C)C(=O)C(C)NC(=O)OC(C)(C)C)c1. The Morgan fingerprint density at radius 2 is 1.84 bits per heavy atom. The molecule has 0 saturated heterocycles. The largest absolute Gasteiger partial charge is 0.444 e. The minimum Gasteiger partial charge on any atom is -0.444 e. The van der Waals surface area contributed by atoms with E-state index in [9.17, 15) is 14.4 Å². The zero-order valence-corrected chi connectivity index (χ0v) is 19.8. The van der Waals surface area contributed by atoms with E-state index >= 15 is 0 Å². The maximum Gasteiger partial charge on any atom is 0.408 e. The Bertz CT molecular complexity index is 785. The van der Waals surface area contributed by atoms with E-state index in [1.165, 1.54) is 4.90 Å². The van der Waals surface area contributed by atoms with Crippen molar-refractivity contribution >= 4 is 24.0 Å². The van der Waals surface area contributed by atoms with Gasteiger partial charge >= 0.3 is 6.09 Å². The molecule has 0 bridgehead atoms. The first-order valence-electron chi connectivity index (χ1n) is 10.7. The fraction of sp³-hybridized carbons (Fsp3) is 0.542. The molecule has 0 aliphatic heterocycles.